The van der Waals surface area contributed by atoms with E-state index in [1.165, 1.54) is 5.56 Å². The standard InChI is InChI=1S/C15H21BrO2/c1-5-18-14(17)13(16)10-11-6-8-12(9-7-11)15(2,3)4/h6-9,13H,5,10H2,1-4H3. The van der Waals surface area contributed by atoms with Crippen molar-refractivity contribution in [2.45, 2.75) is 44.4 Å². The fourth-order valence-electron chi connectivity index (χ4n) is 1.66. The summed E-state index contributed by atoms with van der Waals surface area (Å²) in [5, 5.41) is 0. The van der Waals surface area contributed by atoms with Gasteiger partial charge in [0.15, 0.2) is 0 Å². The second kappa shape index (κ2) is 6.37. The fraction of sp³-hybridized carbons (Fsp3) is 0.533. The molecule has 0 saturated carbocycles. The van der Waals surface area contributed by atoms with Crippen LogP contribution in [0.15, 0.2) is 24.3 Å². The van der Waals surface area contributed by atoms with E-state index < -0.39 is 0 Å². The highest BCUT2D eigenvalue weighted by Crippen LogP contribution is 2.23. The van der Waals surface area contributed by atoms with Crippen molar-refractivity contribution in [3.05, 3.63) is 35.4 Å². The van der Waals surface area contributed by atoms with Gasteiger partial charge in [-0.15, -0.1) is 0 Å². The van der Waals surface area contributed by atoms with Gasteiger partial charge in [0.05, 0.1) is 6.61 Å². The molecule has 100 valence electrons. The third kappa shape index (κ3) is 4.45. The van der Waals surface area contributed by atoms with Crippen LogP contribution in [-0.2, 0) is 21.4 Å². The summed E-state index contributed by atoms with van der Waals surface area (Å²) in [4.78, 5) is 11.2. The van der Waals surface area contributed by atoms with Gasteiger partial charge in [-0.3, -0.25) is 4.79 Å². The largest absolute Gasteiger partial charge is 0.465 e. The molecule has 1 atom stereocenters. The van der Waals surface area contributed by atoms with Crippen LogP contribution >= 0.6 is 15.9 Å². The predicted molar refractivity (Wildman–Crippen MR) is 78.2 cm³/mol. The molecular formula is C15H21BrO2. The number of alkyl halides is 1. The fourth-order valence-corrected chi connectivity index (χ4v) is 2.17. The van der Waals surface area contributed by atoms with E-state index in [0.717, 1.165) is 5.56 Å². The molecule has 0 spiro atoms. The lowest BCUT2D eigenvalue weighted by molar-refractivity contribution is -0.142. The van der Waals surface area contributed by atoms with Gasteiger partial charge in [0.25, 0.3) is 0 Å². The number of carbonyl (C=O) groups is 1. The van der Waals surface area contributed by atoms with Crippen molar-refractivity contribution in [1.82, 2.24) is 0 Å². The normalized spacial score (nSPS) is 13.2. The number of benzene rings is 1. The van der Waals surface area contributed by atoms with Gasteiger partial charge >= 0.3 is 5.97 Å². The van der Waals surface area contributed by atoms with E-state index >= 15 is 0 Å². The Morgan fingerprint density at radius 3 is 2.28 bits per heavy atom. The third-order valence-electron chi connectivity index (χ3n) is 2.78. The first-order valence-electron chi connectivity index (χ1n) is 6.24. The van der Waals surface area contributed by atoms with E-state index in [-0.39, 0.29) is 16.2 Å². The Kier molecular flexibility index (Phi) is 5.39. The topological polar surface area (TPSA) is 26.3 Å². The molecule has 18 heavy (non-hydrogen) atoms. The molecule has 0 amide bonds. The SMILES string of the molecule is CCOC(=O)C(Br)Cc1ccc(C(C)(C)C)cc1. The molecule has 0 N–H and O–H groups in total. The molecule has 0 fully saturated rings. The van der Waals surface area contributed by atoms with Gasteiger partial charge < -0.3 is 4.74 Å². The Labute approximate surface area is 118 Å². The zero-order valence-corrected chi connectivity index (χ0v) is 13.1. The van der Waals surface area contributed by atoms with Gasteiger partial charge in [0, 0.05) is 0 Å². The lowest BCUT2D eigenvalue weighted by Gasteiger charge is -2.19. The summed E-state index contributed by atoms with van der Waals surface area (Å²) in [7, 11) is 0. The van der Waals surface area contributed by atoms with Gasteiger partial charge in [-0.25, -0.2) is 0 Å². The van der Waals surface area contributed by atoms with Crippen molar-refractivity contribution in [2.75, 3.05) is 6.61 Å². The van der Waals surface area contributed by atoms with Crippen LogP contribution in [-0.4, -0.2) is 17.4 Å². The molecular weight excluding hydrogens is 292 g/mol. The molecule has 0 saturated heterocycles. The van der Waals surface area contributed by atoms with Crippen LogP contribution in [0.5, 0.6) is 0 Å². The second-order valence-electron chi connectivity index (χ2n) is 5.37. The molecule has 0 aliphatic rings. The van der Waals surface area contributed by atoms with E-state index in [4.69, 9.17) is 4.74 Å². The minimum atomic E-state index is -0.266. The summed E-state index contributed by atoms with van der Waals surface area (Å²) in [6.45, 7) is 8.80. The lowest BCUT2D eigenvalue weighted by Crippen LogP contribution is -2.19. The Morgan fingerprint density at radius 2 is 1.83 bits per heavy atom. The number of carbonyl (C=O) groups excluding carboxylic acids is 1. The van der Waals surface area contributed by atoms with Crippen LogP contribution < -0.4 is 0 Å². The average Bonchev–Trinajstić information content (AvgIpc) is 2.28. The Bertz CT molecular complexity index is 390. The van der Waals surface area contributed by atoms with Crippen molar-refractivity contribution in [3.8, 4) is 0 Å². The molecule has 1 rings (SSSR count). The molecule has 3 heteroatoms. The maximum absolute atomic E-state index is 11.5. The lowest BCUT2D eigenvalue weighted by atomic mass is 9.86. The summed E-state index contributed by atoms with van der Waals surface area (Å²) in [6, 6.07) is 8.41. The van der Waals surface area contributed by atoms with Crippen molar-refractivity contribution >= 4 is 21.9 Å². The minimum Gasteiger partial charge on any atom is -0.465 e. The van der Waals surface area contributed by atoms with Gasteiger partial charge in [-0.05, 0) is 29.9 Å². The van der Waals surface area contributed by atoms with Crippen LogP contribution in [0.25, 0.3) is 0 Å². The number of rotatable bonds is 4. The smallest absolute Gasteiger partial charge is 0.320 e. The zero-order chi connectivity index (χ0) is 13.8. The molecule has 0 bridgehead atoms. The van der Waals surface area contributed by atoms with Gasteiger partial charge in [0.1, 0.15) is 4.83 Å². The number of esters is 1. The summed E-state index contributed by atoms with van der Waals surface area (Å²) in [5.41, 5.74) is 2.60. The molecule has 0 radical (unpaired) electrons. The quantitative estimate of drug-likeness (QED) is 0.623. The highest BCUT2D eigenvalue weighted by Gasteiger charge is 2.17. The Hall–Kier alpha value is -0.830. The van der Waals surface area contributed by atoms with E-state index in [1.54, 1.807) is 0 Å². The first kappa shape index (κ1) is 15.2. The van der Waals surface area contributed by atoms with E-state index in [0.29, 0.717) is 13.0 Å². The molecule has 0 aliphatic heterocycles. The first-order valence-corrected chi connectivity index (χ1v) is 7.16. The van der Waals surface area contributed by atoms with Crippen LogP contribution in [0.2, 0.25) is 0 Å². The first-order chi connectivity index (χ1) is 8.34. The van der Waals surface area contributed by atoms with E-state index in [1.807, 2.05) is 6.92 Å². The minimum absolute atomic E-state index is 0.160. The molecule has 0 heterocycles. The van der Waals surface area contributed by atoms with Crippen molar-refractivity contribution in [3.63, 3.8) is 0 Å². The second-order valence-corrected chi connectivity index (χ2v) is 6.48. The van der Waals surface area contributed by atoms with Gasteiger partial charge in [-0.1, -0.05) is 61.0 Å². The molecule has 1 unspecified atom stereocenters. The monoisotopic (exact) mass is 312 g/mol. The van der Waals surface area contributed by atoms with Crippen LogP contribution in [0.3, 0.4) is 0 Å². The number of hydrogen-bond donors (Lipinski definition) is 0. The van der Waals surface area contributed by atoms with Crippen molar-refractivity contribution in [2.24, 2.45) is 0 Å². The van der Waals surface area contributed by atoms with Crippen molar-refractivity contribution < 1.29 is 9.53 Å². The average molecular weight is 313 g/mol. The predicted octanol–water partition coefficient (Wildman–Crippen LogP) is 3.85. The molecule has 1 aromatic rings. The molecule has 1 aromatic carbocycles. The van der Waals surface area contributed by atoms with E-state index in [9.17, 15) is 4.79 Å². The molecule has 0 aromatic heterocycles. The molecule has 2 nitrogen and oxygen atoms in total. The maximum Gasteiger partial charge on any atom is 0.320 e. The maximum atomic E-state index is 11.5. The molecule has 0 aliphatic carbocycles. The van der Waals surface area contributed by atoms with Crippen LogP contribution in [0.1, 0.15) is 38.8 Å². The number of ether oxygens (including phenoxy) is 1. The van der Waals surface area contributed by atoms with Crippen LogP contribution in [0.4, 0.5) is 0 Å². The highest BCUT2D eigenvalue weighted by atomic mass is 79.9. The summed E-state index contributed by atoms with van der Waals surface area (Å²) in [6.07, 6.45) is 0.656. The zero-order valence-electron chi connectivity index (χ0n) is 11.5. The highest BCUT2D eigenvalue weighted by molar-refractivity contribution is 9.10. The summed E-state index contributed by atoms with van der Waals surface area (Å²) in [5.74, 6) is -0.197. The van der Waals surface area contributed by atoms with Gasteiger partial charge in [0.2, 0.25) is 0 Å². The van der Waals surface area contributed by atoms with Gasteiger partial charge in [-0.2, -0.15) is 0 Å². The Morgan fingerprint density at radius 1 is 1.28 bits per heavy atom. The van der Waals surface area contributed by atoms with Crippen LogP contribution in [0, 0.1) is 0 Å². The Balaban J connectivity index is 2.67. The third-order valence-corrected chi connectivity index (χ3v) is 3.47. The number of hydrogen-bond acceptors (Lipinski definition) is 2. The summed E-state index contributed by atoms with van der Waals surface area (Å²) < 4.78 is 4.97. The van der Waals surface area contributed by atoms with E-state index in [2.05, 4.69) is 61.0 Å². The van der Waals surface area contributed by atoms with Crippen molar-refractivity contribution in [1.29, 1.82) is 0 Å². The summed E-state index contributed by atoms with van der Waals surface area (Å²) >= 11 is 3.36. The number of halogens is 1.